The van der Waals surface area contributed by atoms with E-state index in [9.17, 15) is 8.78 Å². The minimum absolute atomic E-state index is 0.344. The van der Waals surface area contributed by atoms with E-state index in [1.165, 1.54) is 12.1 Å². The first kappa shape index (κ1) is 12.3. The van der Waals surface area contributed by atoms with E-state index in [-0.39, 0.29) is 0 Å². The summed E-state index contributed by atoms with van der Waals surface area (Å²) in [5.41, 5.74) is 8.44. The molecule has 0 fully saturated rings. The van der Waals surface area contributed by atoms with E-state index in [0.29, 0.717) is 11.5 Å². The maximum absolute atomic E-state index is 13.2. The molecule has 5 heteroatoms. The molecule has 0 saturated carbocycles. The number of nitrogens with zero attached hydrogens (tertiary/aromatic N) is 1. The van der Waals surface area contributed by atoms with Crippen molar-refractivity contribution in [1.29, 1.82) is 0 Å². The summed E-state index contributed by atoms with van der Waals surface area (Å²) in [6.45, 7) is 0. The molecular formula is C15H11F2N3. The third-order valence-electron chi connectivity index (χ3n) is 2.99. The van der Waals surface area contributed by atoms with Crippen LogP contribution in [0.25, 0.3) is 22.4 Å². The number of H-pyrrole nitrogens is 1. The van der Waals surface area contributed by atoms with Crippen molar-refractivity contribution < 1.29 is 8.78 Å². The molecule has 1 heterocycles. The lowest BCUT2D eigenvalue weighted by atomic mass is 10.0. The standard InChI is InChI=1S/C15H11F2N3/c16-12-5-11(6-13(17)7-12)9-1-3-10(4-2-9)14-8-19-15(18)20-14/h1-8H,(H3,18,19,20). The molecular weight excluding hydrogens is 260 g/mol. The molecule has 1 aromatic heterocycles. The molecule has 3 N–H and O–H groups in total. The molecule has 0 unspecified atom stereocenters. The van der Waals surface area contributed by atoms with Gasteiger partial charge < -0.3 is 10.7 Å². The van der Waals surface area contributed by atoms with E-state index in [0.717, 1.165) is 22.9 Å². The number of imidazole rings is 1. The second-order valence-corrected chi connectivity index (χ2v) is 4.42. The second-order valence-electron chi connectivity index (χ2n) is 4.42. The number of anilines is 1. The van der Waals surface area contributed by atoms with Gasteiger partial charge >= 0.3 is 0 Å². The number of benzene rings is 2. The molecule has 0 aliphatic rings. The third kappa shape index (κ3) is 2.38. The normalized spacial score (nSPS) is 10.7. The number of hydrogen-bond donors (Lipinski definition) is 2. The fraction of sp³-hybridized carbons (Fsp3) is 0. The summed E-state index contributed by atoms with van der Waals surface area (Å²) in [4.78, 5) is 6.84. The first-order valence-electron chi connectivity index (χ1n) is 5.99. The fourth-order valence-electron chi connectivity index (χ4n) is 2.05. The first-order valence-corrected chi connectivity index (χ1v) is 5.99. The van der Waals surface area contributed by atoms with Crippen molar-refractivity contribution in [1.82, 2.24) is 9.97 Å². The van der Waals surface area contributed by atoms with Gasteiger partial charge in [-0.05, 0) is 28.8 Å². The Kier molecular flexibility index (Phi) is 2.95. The predicted octanol–water partition coefficient (Wildman–Crippen LogP) is 3.60. The lowest BCUT2D eigenvalue weighted by Crippen LogP contribution is -1.86. The fourth-order valence-corrected chi connectivity index (χ4v) is 2.05. The number of aromatic nitrogens is 2. The molecule has 3 nitrogen and oxygen atoms in total. The Morgan fingerprint density at radius 1 is 0.850 bits per heavy atom. The van der Waals surface area contributed by atoms with Crippen LogP contribution >= 0.6 is 0 Å². The van der Waals surface area contributed by atoms with Crippen molar-refractivity contribution in [3.8, 4) is 22.4 Å². The quantitative estimate of drug-likeness (QED) is 0.748. The van der Waals surface area contributed by atoms with E-state index < -0.39 is 11.6 Å². The maximum Gasteiger partial charge on any atom is 0.197 e. The lowest BCUT2D eigenvalue weighted by Gasteiger charge is -2.04. The van der Waals surface area contributed by atoms with Gasteiger partial charge in [-0.1, -0.05) is 24.3 Å². The molecule has 20 heavy (non-hydrogen) atoms. The van der Waals surface area contributed by atoms with Gasteiger partial charge in [0.05, 0.1) is 11.9 Å². The lowest BCUT2D eigenvalue weighted by molar-refractivity contribution is 0.584. The van der Waals surface area contributed by atoms with E-state index in [1.807, 2.05) is 12.1 Å². The highest BCUT2D eigenvalue weighted by Gasteiger charge is 2.05. The molecule has 0 saturated heterocycles. The highest BCUT2D eigenvalue weighted by Crippen LogP contribution is 2.25. The molecule has 100 valence electrons. The van der Waals surface area contributed by atoms with E-state index in [1.54, 1.807) is 18.3 Å². The summed E-state index contributed by atoms with van der Waals surface area (Å²) in [5.74, 6) is -0.841. The predicted molar refractivity (Wildman–Crippen MR) is 73.8 cm³/mol. The van der Waals surface area contributed by atoms with Gasteiger partial charge in [0.15, 0.2) is 5.95 Å². The van der Waals surface area contributed by atoms with Crippen LogP contribution in [0.3, 0.4) is 0 Å². The zero-order valence-electron chi connectivity index (χ0n) is 10.4. The Bertz CT molecular complexity index is 728. The Morgan fingerprint density at radius 3 is 2.00 bits per heavy atom. The summed E-state index contributed by atoms with van der Waals surface area (Å²) in [6.07, 6.45) is 1.63. The number of aromatic amines is 1. The van der Waals surface area contributed by atoms with Crippen molar-refractivity contribution in [3.05, 3.63) is 60.3 Å². The van der Waals surface area contributed by atoms with Crippen LogP contribution in [0.2, 0.25) is 0 Å². The molecule has 2 aromatic carbocycles. The van der Waals surface area contributed by atoms with Crippen LogP contribution in [0.15, 0.2) is 48.7 Å². The van der Waals surface area contributed by atoms with Gasteiger partial charge in [0.1, 0.15) is 11.6 Å². The van der Waals surface area contributed by atoms with Crippen LogP contribution in [0, 0.1) is 11.6 Å². The molecule has 3 aromatic rings. The van der Waals surface area contributed by atoms with Crippen LogP contribution < -0.4 is 5.73 Å². The molecule has 0 aliphatic carbocycles. The number of halogens is 2. The Morgan fingerprint density at radius 2 is 1.45 bits per heavy atom. The van der Waals surface area contributed by atoms with Gasteiger partial charge in [-0.2, -0.15) is 0 Å². The number of nitrogens with two attached hydrogens (primary N) is 1. The zero-order chi connectivity index (χ0) is 14.1. The van der Waals surface area contributed by atoms with Crippen molar-refractivity contribution in [2.24, 2.45) is 0 Å². The average Bonchev–Trinajstić information content (AvgIpc) is 2.84. The van der Waals surface area contributed by atoms with Gasteiger partial charge in [-0.3, -0.25) is 0 Å². The highest BCUT2D eigenvalue weighted by molar-refractivity contribution is 5.69. The second kappa shape index (κ2) is 4.77. The highest BCUT2D eigenvalue weighted by atomic mass is 19.1. The monoisotopic (exact) mass is 271 g/mol. The van der Waals surface area contributed by atoms with Crippen LogP contribution in [0.1, 0.15) is 0 Å². The molecule has 0 bridgehead atoms. The van der Waals surface area contributed by atoms with Gasteiger partial charge in [-0.25, -0.2) is 13.8 Å². The SMILES string of the molecule is Nc1ncc(-c2ccc(-c3cc(F)cc(F)c3)cc2)[nH]1. The van der Waals surface area contributed by atoms with Crippen LogP contribution in [-0.4, -0.2) is 9.97 Å². The van der Waals surface area contributed by atoms with Gasteiger partial charge in [-0.15, -0.1) is 0 Å². The maximum atomic E-state index is 13.2. The molecule has 0 atom stereocenters. The minimum Gasteiger partial charge on any atom is -0.369 e. The number of hydrogen-bond acceptors (Lipinski definition) is 2. The Labute approximate surface area is 114 Å². The van der Waals surface area contributed by atoms with Gasteiger partial charge in [0, 0.05) is 6.07 Å². The van der Waals surface area contributed by atoms with Gasteiger partial charge in [0.2, 0.25) is 0 Å². The van der Waals surface area contributed by atoms with Crippen LogP contribution in [-0.2, 0) is 0 Å². The van der Waals surface area contributed by atoms with E-state index in [4.69, 9.17) is 5.73 Å². The number of nitrogen functional groups attached to an aromatic ring is 1. The van der Waals surface area contributed by atoms with Crippen LogP contribution in [0.4, 0.5) is 14.7 Å². The van der Waals surface area contributed by atoms with Crippen molar-refractivity contribution in [3.63, 3.8) is 0 Å². The summed E-state index contributed by atoms with van der Waals surface area (Å²) >= 11 is 0. The number of rotatable bonds is 2. The summed E-state index contributed by atoms with van der Waals surface area (Å²) in [6, 6.07) is 10.7. The van der Waals surface area contributed by atoms with Crippen molar-refractivity contribution in [2.75, 3.05) is 5.73 Å². The molecule has 0 radical (unpaired) electrons. The summed E-state index contributed by atoms with van der Waals surface area (Å²) in [5, 5.41) is 0. The van der Waals surface area contributed by atoms with E-state index >= 15 is 0 Å². The van der Waals surface area contributed by atoms with Crippen molar-refractivity contribution in [2.45, 2.75) is 0 Å². The smallest absolute Gasteiger partial charge is 0.197 e. The third-order valence-corrected chi connectivity index (χ3v) is 2.99. The zero-order valence-corrected chi connectivity index (χ0v) is 10.4. The minimum atomic E-state index is -0.592. The topological polar surface area (TPSA) is 54.7 Å². The Hall–Kier alpha value is -2.69. The largest absolute Gasteiger partial charge is 0.369 e. The molecule has 3 rings (SSSR count). The van der Waals surface area contributed by atoms with Crippen LogP contribution in [0.5, 0.6) is 0 Å². The molecule has 0 spiro atoms. The first-order chi connectivity index (χ1) is 9.61. The average molecular weight is 271 g/mol. The van der Waals surface area contributed by atoms with E-state index in [2.05, 4.69) is 9.97 Å². The summed E-state index contributed by atoms with van der Waals surface area (Å²) < 4.78 is 26.4. The van der Waals surface area contributed by atoms with Crippen molar-refractivity contribution >= 4 is 5.95 Å². The Balaban J connectivity index is 1.96. The number of nitrogens with one attached hydrogen (secondary N) is 1. The molecule has 0 amide bonds. The van der Waals surface area contributed by atoms with Gasteiger partial charge in [0.25, 0.3) is 0 Å². The summed E-state index contributed by atoms with van der Waals surface area (Å²) in [7, 11) is 0. The molecule has 0 aliphatic heterocycles.